The number of esters is 1. The number of carbonyl (C=O) groups excluding carboxylic acids is 2. The summed E-state index contributed by atoms with van der Waals surface area (Å²) in [4.78, 5) is 26.2. The van der Waals surface area contributed by atoms with Gasteiger partial charge in [0.05, 0.1) is 25.2 Å². The van der Waals surface area contributed by atoms with E-state index in [2.05, 4.69) is 80.8 Å². The molecule has 3 unspecified atom stereocenters. The molecule has 0 bridgehead atoms. The first-order valence-corrected chi connectivity index (χ1v) is 27.5. The van der Waals surface area contributed by atoms with E-state index in [1.54, 1.807) is 0 Å². The van der Waals surface area contributed by atoms with Crippen molar-refractivity contribution >= 4 is 11.9 Å². The van der Waals surface area contributed by atoms with Crippen molar-refractivity contribution in [1.29, 1.82) is 0 Å². The van der Waals surface area contributed by atoms with Crippen molar-refractivity contribution in [3.05, 3.63) is 60.8 Å². The average Bonchev–Trinajstić information content (AvgIpc) is 3.29. The topological polar surface area (TPSA) is 95.9 Å². The Bertz CT molecular complexity index is 1140. The van der Waals surface area contributed by atoms with Gasteiger partial charge in [0, 0.05) is 12.8 Å². The first-order valence-electron chi connectivity index (χ1n) is 27.5. The maximum absolute atomic E-state index is 13.2. The largest absolute Gasteiger partial charge is 0.461 e. The van der Waals surface area contributed by atoms with Gasteiger partial charge in [-0.25, -0.2) is 0 Å². The van der Waals surface area contributed by atoms with Crippen LogP contribution in [0.2, 0.25) is 0 Å². The van der Waals surface area contributed by atoms with Crippen LogP contribution in [0.5, 0.6) is 0 Å². The number of carbonyl (C=O) groups is 2. The molecule has 0 aliphatic carbocycles. The van der Waals surface area contributed by atoms with Crippen molar-refractivity contribution in [1.82, 2.24) is 5.32 Å². The summed E-state index contributed by atoms with van der Waals surface area (Å²) in [5.74, 6) is -0.571. The lowest BCUT2D eigenvalue weighted by Gasteiger charge is -2.24. The summed E-state index contributed by atoms with van der Waals surface area (Å²) in [6.07, 6.45) is 64.5. The Kier molecular flexibility index (Phi) is 49.6. The lowest BCUT2D eigenvalue weighted by Crippen LogP contribution is -2.46. The van der Waals surface area contributed by atoms with Gasteiger partial charge < -0.3 is 20.3 Å². The highest BCUT2D eigenvalue weighted by Crippen LogP contribution is 2.17. The van der Waals surface area contributed by atoms with Gasteiger partial charge >= 0.3 is 5.97 Å². The van der Waals surface area contributed by atoms with E-state index in [9.17, 15) is 19.8 Å². The molecular weight excluding hydrogens is 791 g/mol. The molecular formula is C58H105NO5. The van der Waals surface area contributed by atoms with Gasteiger partial charge in [0.25, 0.3) is 0 Å². The van der Waals surface area contributed by atoms with E-state index in [4.69, 9.17) is 4.74 Å². The molecule has 0 heterocycles. The Balaban J connectivity index is 4.62. The molecule has 6 nitrogen and oxygen atoms in total. The average molecular weight is 896 g/mol. The molecule has 0 aromatic carbocycles. The van der Waals surface area contributed by atoms with Crippen LogP contribution < -0.4 is 5.32 Å². The summed E-state index contributed by atoms with van der Waals surface area (Å²) in [5.41, 5.74) is 0. The normalized spacial score (nSPS) is 13.6. The van der Waals surface area contributed by atoms with Crippen molar-refractivity contribution < 1.29 is 24.5 Å². The van der Waals surface area contributed by atoms with Crippen LogP contribution in [0, 0.1) is 0 Å². The molecule has 6 heteroatoms. The quantitative estimate of drug-likeness (QED) is 0.0321. The summed E-state index contributed by atoms with van der Waals surface area (Å²) in [6.45, 7) is 6.35. The fourth-order valence-corrected chi connectivity index (χ4v) is 8.22. The molecule has 0 radical (unpaired) electrons. The van der Waals surface area contributed by atoms with Gasteiger partial charge in [0.1, 0.15) is 6.10 Å². The van der Waals surface area contributed by atoms with Crippen LogP contribution in [-0.4, -0.2) is 46.9 Å². The highest BCUT2D eigenvalue weighted by molar-refractivity contribution is 5.77. The third kappa shape index (κ3) is 46.1. The van der Waals surface area contributed by atoms with E-state index >= 15 is 0 Å². The predicted octanol–water partition coefficient (Wildman–Crippen LogP) is 16.8. The van der Waals surface area contributed by atoms with Crippen molar-refractivity contribution in [3.63, 3.8) is 0 Å². The monoisotopic (exact) mass is 896 g/mol. The Morgan fingerprint density at radius 3 is 1.19 bits per heavy atom. The van der Waals surface area contributed by atoms with Crippen LogP contribution in [0.15, 0.2) is 60.8 Å². The smallest absolute Gasteiger partial charge is 0.306 e. The third-order valence-electron chi connectivity index (χ3n) is 12.4. The molecule has 0 aliphatic rings. The highest BCUT2D eigenvalue weighted by atomic mass is 16.5. The molecule has 0 saturated carbocycles. The second-order valence-electron chi connectivity index (χ2n) is 18.6. The molecule has 0 fully saturated rings. The van der Waals surface area contributed by atoms with Crippen LogP contribution in [-0.2, 0) is 14.3 Å². The van der Waals surface area contributed by atoms with Crippen molar-refractivity contribution in [3.8, 4) is 0 Å². The van der Waals surface area contributed by atoms with Gasteiger partial charge in [0.2, 0.25) is 5.91 Å². The van der Waals surface area contributed by atoms with Crippen molar-refractivity contribution in [2.24, 2.45) is 0 Å². The number of hydrogen-bond donors (Lipinski definition) is 3. The van der Waals surface area contributed by atoms with Crippen LogP contribution in [0.3, 0.4) is 0 Å². The second-order valence-corrected chi connectivity index (χ2v) is 18.6. The first kappa shape index (κ1) is 61.6. The highest BCUT2D eigenvalue weighted by Gasteiger charge is 2.23. The Morgan fingerprint density at radius 1 is 0.469 bits per heavy atom. The van der Waals surface area contributed by atoms with Gasteiger partial charge in [-0.2, -0.15) is 0 Å². The minimum absolute atomic E-state index is 0.000902. The predicted molar refractivity (Wildman–Crippen MR) is 278 cm³/mol. The fourth-order valence-electron chi connectivity index (χ4n) is 8.22. The minimum atomic E-state index is -0.811. The molecule has 0 spiro atoms. The lowest BCUT2D eigenvalue weighted by molar-refractivity contribution is -0.150. The van der Waals surface area contributed by atoms with Crippen LogP contribution >= 0.6 is 0 Å². The molecule has 372 valence electrons. The lowest BCUT2D eigenvalue weighted by atomic mass is 10.0. The molecule has 0 saturated heterocycles. The molecule has 3 N–H and O–H groups in total. The molecule has 3 atom stereocenters. The van der Waals surface area contributed by atoms with Crippen LogP contribution in [0.4, 0.5) is 0 Å². The van der Waals surface area contributed by atoms with E-state index in [1.165, 1.54) is 154 Å². The van der Waals surface area contributed by atoms with E-state index < -0.39 is 18.2 Å². The summed E-state index contributed by atoms with van der Waals surface area (Å²) in [5, 5.41) is 23.7. The van der Waals surface area contributed by atoms with Crippen LogP contribution in [0.1, 0.15) is 271 Å². The molecule has 0 aliphatic heterocycles. The minimum Gasteiger partial charge on any atom is -0.461 e. The number of ether oxygens (including phenoxy) is 1. The van der Waals surface area contributed by atoms with Crippen molar-refractivity contribution in [2.45, 2.75) is 289 Å². The summed E-state index contributed by atoms with van der Waals surface area (Å²) in [6, 6.07) is -0.731. The summed E-state index contributed by atoms with van der Waals surface area (Å²) in [7, 11) is 0. The molecule has 64 heavy (non-hydrogen) atoms. The zero-order valence-electron chi connectivity index (χ0n) is 42.4. The number of hydrogen-bond acceptors (Lipinski definition) is 5. The van der Waals surface area contributed by atoms with Gasteiger partial charge in [-0.3, -0.25) is 9.59 Å². The Hall–Kier alpha value is -2.44. The molecule has 0 rings (SSSR count). The maximum atomic E-state index is 13.2. The Morgan fingerprint density at radius 2 is 0.812 bits per heavy atom. The summed E-state index contributed by atoms with van der Waals surface area (Å²) < 4.78 is 5.88. The van der Waals surface area contributed by atoms with Gasteiger partial charge in [-0.05, 0) is 44.9 Å². The molecule has 0 aromatic rings. The van der Waals surface area contributed by atoms with E-state index in [0.717, 1.165) is 70.6 Å². The number of aliphatic hydroxyl groups excluding tert-OH is 2. The van der Waals surface area contributed by atoms with Crippen molar-refractivity contribution in [2.75, 3.05) is 6.61 Å². The number of nitrogens with one attached hydrogen (secondary N) is 1. The van der Waals surface area contributed by atoms with Gasteiger partial charge in [-0.1, -0.05) is 268 Å². The van der Waals surface area contributed by atoms with E-state index in [0.29, 0.717) is 19.3 Å². The van der Waals surface area contributed by atoms with E-state index in [-0.39, 0.29) is 24.9 Å². The molecule has 1 amide bonds. The molecule has 0 aromatic heterocycles. The van der Waals surface area contributed by atoms with Crippen LogP contribution in [0.25, 0.3) is 0 Å². The third-order valence-corrected chi connectivity index (χ3v) is 12.4. The van der Waals surface area contributed by atoms with E-state index in [1.807, 2.05) is 6.08 Å². The Labute approximate surface area is 397 Å². The number of rotatable bonds is 49. The zero-order chi connectivity index (χ0) is 46.7. The number of aliphatic hydroxyl groups is 2. The van der Waals surface area contributed by atoms with Gasteiger partial charge in [-0.15, -0.1) is 0 Å². The standard InChI is InChI=1S/C58H105NO5/c1-4-7-10-13-16-19-22-24-26-27-28-29-31-33-36-39-42-45-48-51-58(63)64-54(49-46-43-40-37-35-32-30-25-23-20-17-14-11-8-5-2)52-57(62)59-55(53-60)56(61)50-47-44-41-38-34-21-18-15-12-9-6-3/h8,11,17,20,25,30,35,37,43,46,54-56,60-61H,4-7,9-10,12-16,18-19,21-24,26-29,31-34,36,38-42,44-45,47-53H2,1-3H3,(H,59,62)/b11-8-,20-17-,30-25-,37-35-,46-43-. The number of amides is 1. The number of allylic oxidation sites excluding steroid dienone is 9. The number of unbranched alkanes of at least 4 members (excludes halogenated alkanes) is 28. The maximum Gasteiger partial charge on any atom is 0.306 e. The fraction of sp³-hybridized carbons (Fsp3) is 0.793. The second kappa shape index (κ2) is 51.5. The zero-order valence-corrected chi connectivity index (χ0v) is 42.4. The first-order chi connectivity index (χ1) is 31.5. The summed E-state index contributed by atoms with van der Waals surface area (Å²) >= 11 is 0. The SMILES string of the molecule is CC/C=C\C/C=C\C/C=C\C/C=C\C/C=C\CC(CC(=O)NC(CO)C(O)CCCCCCCCCCCCC)OC(=O)CCCCCCCCCCCCCCCCCCCCC. The van der Waals surface area contributed by atoms with Gasteiger partial charge in [0.15, 0.2) is 0 Å².